The van der Waals surface area contributed by atoms with Gasteiger partial charge < -0.3 is 10.5 Å². The van der Waals surface area contributed by atoms with Gasteiger partial charge in [0.05, 0.1) is 11.8 Å². The molecule has 1 heterocycles. The van der Waals surface area contributed by atoms with E-state index in [2.05, 4.69) is 22.9 Å². The van der Waals surface area contributed by atoms with Crippen LogP contribution in [0.25, 0.3) is 0 Å². The Balaban J connectivity index is 2.08. The van der Waals surface area contributed by atoms with E-state index in [9.17, 15) is 0 Å². The molecule has 2 N–H and O–H groups in total. The largest absolute Gasteiger partial charge is 0.381 e. The van der Waals surface area contributed by atoms with Crippen LogP contribution in [0.5, 0.6) is 0 Å². The van der Waals surface area contributed by atoms with Gasteiger partial charge in [0.25, 0.3) is 0 Å². The summed E-state index contributed by atoms with van der Waals surface area (Å²) in [4.78, 5) is 6.95. The minimum Gasteiger partial charge on any atom is -0.381 e. The van der Waals surface area contributed by atoms with E-state index in [4.69, 9.17) is 10.5 Å². The molecule has 0 radical (unpaired) electrons. The topological polar surface area (TPSA) is 51.4 Å². The van der Waals surface area contributed by atoms with Gasteiger partial charge in [-0.15, -0.1) is 0 Å². The predicted molar refractivity (Wildman–Crippen MR) is 81.4 cm³/mol. The Labute approximate surface area is 122 Å². The smallest absolute Gasteiger partial charge is 0.0572 e. The standard InChI is InChI=1S/C16H27N3O/c1-3-19(12-14-6-4-5-11-18-14)16(13-17)9-7-15(20-2)8-10-16/h4-6,11,15H,3,7-10,12-13,17H2,1-2H3. The van der Waals surface area contributed by atoms with Crippen LogP contribution in [-0.2, 0) is 11.3 Å². The number of likely N-dealkylation sites (N-methyl/N-ethyl adjacent to an activating group) is 1. The zero-order chi connectivity index (χ0) is 14.4. The fraction of sp³-hybridized carbons (Fsp3) is 0.688. The van der Waals surface area contributed by atoms with Gasteiger partial charge in [-0.05, 0) is 44.4 Å². The molecular weight excluding hydrogens is 250 g/mol. The van der Waals surface area contributed by atoms with Gasteiger partial charge in [-0.1, -0.05) is 13.0 Å². The highest BCUT2D eigenvalue weighted by Crippen LogP contribution is 2.34. The normalized spacial score (nSPS) is 26.9. The first kappa shape index (κ1) is 15.4. The molecule has 1 aromatic heterocycles. The molecule has 1 fully saturated rings. The van der Waals surface area contributed by atoms with Crippen molar-refractivity contribution in [2.45, 2.75) is 50.8 Å². The van der Waals surface area contributed by atoms with E-state index in [1.165, 1.54) is 0 Å². The molecular formula is C16H27N3O. The summed E-state index contributed by atoms with van der Waals surface area (Å²) >= 11 is 0. The number of hydrogen-bond acceptors (Lipinski definition) is 4. The highest BCUT2D eigenvalue weighted by Gasteiger charge is 2.38. The first-order valence-corrected chi connectivity index (χ1v) is 7.62. The highest BCUT2D eigenvalue weighted by molar-refractivity contribution is 5.06. The summed E-state index contributed by atoms with van der Waals surface area (Å²) in [7, 11) is 1.81. The first-order valence-electron chi connectivity index (χ1n) is 7.62. The number of rotatable bonds is 6. The third-order valence-electron chi connectivity index (χ3n) is 4.71. The number of methoxy groups -OCH3 is 1. The maximum atomic E-state index is 6.15. The van der Waals surface area contributed by atoms with E-state index in [0.717, 1.165) is 44.5 Å². The van der Waals surface area contributed by atoms with Crippen molar-refractivity contribution in [3.05, 3.63) is 30.1 Å². The van der Waals surface area contributed by atoms with Gasteiger partial charge in [0.15, 0.2) is 0 Å². The van der Waals surface area contributed by atoms with Gasteiger partial charge in [-0.25, -0.2) is 0 Å². The first-order chi connectivity index (χ1) is 9.74. The van der Waals surface area contributed by atoms with Gasteiger partial charge >= 0.3 is 0 Å². The molecule has 20 heavy (non-hydrogen) atoms. The van der Waals surface area contributed by atoms with E-state index in [1.54, 1.807) is 0 Å². The molecule has 0 spiro atoms. The molecule has 2 rings (SSSR count). The third-order valence-corrected chi connectivity index (χ3v) is 4.71. The quantitative estimate of drug-likeness (QED) is 0.866. The van der Waals surface area contributed by atoms with Gasteiger partial charge in [-0.2, -0.15) is 0 Å². The minimum atomic E-state index is 0.112. The molecule has 4 heteroatoms. The van der Waals surface area contributed by atoms with Crippen LogP contribution in [0.15, 0.2) is 24.4 Å². The number of pyridine rings is 1. The minimum absolute atomic E-state index is 0.112. The maximum Gasteiger partial charge on any atom is 0.0572 e. The lowest BCUT2D eigenvalue weighted by atomic mass is 9.78. The molecule has 0 aromatic carbocycles. The molecule has 0 aliphatic heterocycles. The second kappa shape index (κ2) is 7.16. The van der Waals surface area contributed by atoms with E-state index in [1.807, 2.05) is 25.4 Å². The predicted octanol–water partition coefficient (Wildman–Crippen LogP) is 2.19. The second-order valence-electron chi connectivity index (χ2n) is 5.70. The Morgan fingerprint density at radius 1 is 1.40 bits per heavy atom. The van der Waals surface area contributed by atoms with Crippen molar-refractivity contribution >= 4 is 0 Å². The molecule has 1 aliphatic carbocycles. The number of aromatic nitrogens is 1. The van der Waals surface area contributed by atoms with Gasteiger partial charge in [-0.3, -0.25) is 9.88 Å². The van der Waals surface area contributed by atoms with Gasteiger partial charge in [0, 0.05) is 31.9 Å². The summed E-state index contributed by atoms with van der Waals surface area (Å²) in [5.41, 5.74) is 7.39. The number of nitrogens with two attached hydrogens (primary N) is 1. The van der Waals surface area contributed by atoms with Crippen LogP contribution in [0.4, 0.5) is 0 Å². The number of ether oxygens (including phenoxy) is 1. The summed E-state index contributed by atoms with van der Waals surface area (Å²) in [6.45, 7) is 4.81. The lowest BCUT2D eigenvalue weighted by Gasteiger charge is -2.47. The number of hydrogen-bond donors (Lipinski definition) is 1. The van der Waals surface area contributed by atoms with Crippen LogP contribution < -0.4 is 5.73 Å². The molecule has 4 nitrogen and oxygen atoms in total. The van der Waals surface area contributed by atoms with Crippen LogP contribution in [0.3, 0.4) is 0 Å². The lowest BCUT2D eigenvalue weighted by molar-refractivity contribution is -0.00899. The van der Waals surface area contributed by atoms with Crippen LogP contribution in [0, 0.1) is 0 Å². The van der Waals surface area contributed by atoms with E-state index < -0.39 is 0 Å². The van der Waals surface area contributed by atoms with Crippen molar-refractivity contribution in [3.8, 4) is 0 Å². The van der Waals surface area contributed by atoms with Crippen molar-refractivity contribution in [2.75, 3.05) is 20.2 Å². The Bertz CT molecular complexity index is 388. The van der Waals surface area contributed by atoms with Crippen LogP contribution in [0.2, 0.25) is 0 Å². The average Bonchev–Trinajstić information content (AvgIpc) is 2.53. The average molecular weight is 277 g/mol. The lowest BCUT2D eigenvalue weighted by Crippen LogP contribution is -2.56. The molecule has 1 saturated carbocycles. The fourth-order valence-corrected chi connectivity index (χ4v) is 3.32. The van der Waals surface area contributed by atoms with Gasteiger partial charge in [0.2, 0.25) is 0 Å². The van der Waals surface area contributed by atoms with Crippen molar-refractivity contribution in [1.82, 2.24) is 9.88 Å². The maximum absolute atomic E-state index is 6.15. The zero-order valence-electron chi connectivity index (χ0n) is 12.7. The summed E-state index contributed by atoms with van der Waals surface area (Å²) in [6, 6.07) is 6.10. The number of nitrogens with zero attached hydrogens (tertiary/aromatic N) is 2. The Kier molecular flexibility index (Phi) is 5.52. The second-order valence-corrected chi connectivity index (χ2v) is 5.70. The molecule has 0 unspecified atom stereocenters. The molecule has 112 valence electrons. The zero-order valence-corrected chi connectivity index (χ0v) is 12.7. The molecule has 0 amide bonds. The molecule has 0 atom stereocenters. The Hall–Kier alpha value is -0.970. The van der Waals surface area contributed by atoms with Crippen LogP contribution >= 0.6 is 0 Å². The fourth-order valence-electron chi connectivity index (χ4n) is 3.32. The van der Waals surface area contributed by atoms with Crippen LogP contribution in [0.1, 0.15) is 38.3 Å². The Morgan fingerprint density at radius 3 is 2.65 bits per heavy atom. The SMILES string of the molecule is CCN(Cc1ccccn1)C1(CN)CCC(OC)CC1. The highest BCUT2D eigenvalue weighted by atomic mass is 16.5. The monoisotopic (exact) mass is 277 g/mol. The molecule has 1 aliphatic rings. The summed E-state index contributed by atoms with van der Waals surface area (Å²) < 4.78 is 5.49. The van der Waals surface area contributed by atoms with E-state index in [0.29, 0.717) is 12.6 Å². The van der Waals surface area contributed by atoms with E-state index >= 15 is 0 Å². The summed E-state index contributed by atoms with van der Waals surface area (Å²) in [5.74, 6) is 0. The molecule has 0 saturated heterocycles. The molecule has 1 aromatic rings. The molecule has 0 bridgehead atoms. The van der Waals surface area contributed by atoms with Crippen LogP contribution in [-0.4, -0.2) is 41.7 Å². The Morgan fingerprint density at radius 2 is 2.15 bits per heavy atom. The van der Waals surface area contributed by atoms with Gasteiger partial charge in [0.1, 0.15) is 0 Å². The van der Waals surface area contributed by atoms with Crippen molar-refractivity contribution in [1.29, 1.82) is 0 Å². The van der Waals surface area contributed by atoms with E-state index in [-0.39, 0.29) is 5.54 Å². The van der Waals surface area contributed by atoms with Crippen molar-refractivity contribution in [3.63, 3.8) is 0 Å². The summed E-state index contributed by atoms with van der Waals surface area (Å²) in [5, 5.41) is 0. The van der Waals surface area contributed by atoms with Crippen molar-refractivity contribution < 1.29 is 4.74 Å². The van der Waals surface area contributed by atoms with Crippen molar-refractivity contribution in [2.24, 2.45) is 5.73 Å². The summed E-state index contributed by atoms with van der Waals surface area (Å²) in [6.07, 6.45) is 6.70. The third kappa shape index (κ3) is 3.37.